The van der Waals surface area contributed by atoms with Gasteiger partial charge in [0.2, 0.25) is 5.91 Å². The third-order valence-electron chi connectivity index (χ3n) is 7.03. The Balaban J connectivity index is 1.63. The molecular formula is C31H37NO5. The van der Waals surface area contributed by atoms with Crippen LogP contribution in [0.15, 0.2) is 66.7 Å². The summed E-state index contributed by atoms with van der Waals surface area (Å²) in [6.07, 6.45) is 1.35. The van der Waals surface area contributed by atoms with E-state index in [1.54, 1.807) is 26.4 Å². The van der Waals surface area contributed by atoms with Gasteiger partial charge in [-0.15, -0.1) is 0 Å². The summed E-state index contributed by atoms with van der Waals surface area (Å²) in [6, 6.07) is 21.1. The molecule has 1 heterocycles. The molecule has 6 nitrogen and oxygen atoms in total. The summed E-state index contributed by atoms with van der Waals surface area (Å²) in [5.74, 6) is 2.37. The molecule has 0 bridgehead atoms. The molecule has 1 amide bonds. The number of amides is 1. The van der Waals surface area contributed by atoms with Crippen molar-refractivity contribution in [1.29, 1.82) is 0 Å². The molecule has 3 atom stereocenters. The number of carbonyl (C=O) groups excluding carboxylic acids is 1. The van der Waals surface area contributed by atoms with E-state index in [4.69, 9.17) is 14.2 Å². The summed E-state index contributed by atoms with van der Waals surface area (Å²) >= 11 is 0. The van der Waals surface area contributed by atoms with Gasteiger partial charge >= 0.3 is 0 Å². The first-order chi connectivity index (χ1) is 17.9. The number of methoxy groups -OCH3 is 2. The molecule has 37 heavy (non-hydrogen) atoms. The minimum absolute atomic E-state index is 0.0405. The fourth-order valence-corrected chi connectivity index (χ4v) is 5.32. The van der Waals surface area contributed by atoms with Crippen molar-refractivity contribution in [1.82, 2.24) is 4.90 Å². The van der Waals surface area contributed by atoms with Crippen molar-refractivity contribution in [2.75, 3.05) is 27.3 Å². The van der Waals surface area contributed by atoms with Crippen LogP contribution in [0.3, 0.4) is 0 Å². The average molecular weight is 504 g/mol. The number of rotatable bonds is 9. The molecule has 0 saturated carbocycles. The van der Waals surface area contributed by atoms with Crippen LogP contribution in [0, 0.1) is 11.8 Å². The lowest BCUT2D eigenvalue weighted by molar-refractivity contribution is -0.134. The first kappa shape index (κ1) is 26.4. The first-order valence-corrected chi connectivity index (χ1v) is 12.9. The average Bonchev–Trinajstić information content (AvgIpc) is 2.90. The van der Waals surface area contributed by atoms with E-state index in [0.29, 0.717) is 35.5 Å². The second kappa shape index (κ2) is 12.0. The molecule has 0 aromatic heterocycles. The van der Waals surface area contributed by atoms with Gasteiger partial charge in [-0.1, -0.05) is 56.3 Å². The predicted octanol–water partition coefficient (Wildman–Crippen LogP) is 6.01. The summed E-state index contributed by atoms with van der Waals surface area (Å²) in [4.78, 5) is 15.5. The van der Waals surface area contributed by atoms with Crippen LogP contribution in [0.1, 0.15) is 49.3 Å². The number of likely N-dealkylation sites (tertiary alicyclic amines) is 1. The molecule has 1 fully saturated rings. The third kappa shape index (κ3) is 6.56. The van der Waals surface area contributed by atoms with Crippen molar-refractivity contribution in [3.63, 3.8) is 0 Å². The summed E-state index contributed by atoms with van der Waals surface area (Å²) in [6.45, 7) is 6.38. The molecule has 1 aliphatic rings. The molecule has 1 aliphatic heterocycles. The number of nitrogens with zero attached hydrogens (tertiary/aromatic N) is 1. The standard InChI is InChI=1S/C31H37NO5/c1-21-14-22(2)19-32(18-21)30(34)17-27(31-28(33)15-26(35-3)16-29(31)36-4)24-10-12-25(13-11-24)37-20-23-8-6-5-7-9-23/h5-13,15-16,21-22,27,33H,14,17-20H2,1-4H3. The highest BCUT2D eigenvalue weighted by molar-refractivity contribution is 5.78. The molecule has 3 aromatic carbocycles. The minimum Gasteiger partial charge on any atom is -0.507 e. The summed E-state index contributed by atoms with van der Waals surface area (Å²) in [7, 11) is 3.10. The van der Waals surface area contributed by atoms with E-state index in [0.717, 1.165) is 36.4 Å². The van der Waals surface area contributed by atoms with E-state index < -0.39 is 5.92 Å². The fourth-order valence-electron chi connectivity index (χ4n) is 5.32. The van der Waals surface area contributed by atoms with Crippen LogP contribution in [0.5, 0.6) is 23.0 Å². The number of phenols is 1. The van der Waals surface area contributed by atoms with Crippen molar-refractivity contribution in [3.05, 3.63) is 83.4 Å². The van der Waals surface area contributed by atoms with Crippen molar-refractivity contribution in [2.24, 2.45) is 11.8 Å². The van der Waals surface area contributed by atoms with E-state index >= 15 is 0 Å². The Morgan fingerprint density at radius 2 is 1.62 bits per heavy atom. The van der Waals surface area contributed by atoms with Crippen molar-refractivity contribution in [2.45, 2.75) is 39.2 Å². The number of hydrogen-bond donors (Lipinski definition) is 1. The van der Waals surface area contributed by atoms with Crippen LogP contribution in [-0.2, 0) is 11.4 Å². The Bertz CT molecular complexity index is 1170. The SMILES string of the molecule is COc1cc(O)c(C(CC(=O)N2CC(C)CC(C)C2)c2ccc(OCc3ccccc3)cc2)c(OC)c1. The van der Waals surface area contributed by atoms with Crippen LogP contribution in [0.25, 0.3) is 0 Å². The summed E-state index contributed by atoms with van der Waals surface area (Å²) in [5.41, 5.74) is 2.57. The van der Waals surface area contributed by atoms with Crippen molar-refractivity contribution < 1.29 is 24.1 Å². The quantitative estimate of drug-likeness (QED) is 0.387. The smallest absolute Gasteiger partial charge is 0.223 e. The lowest BCUT2D eigenvalue weighted by Crippen LogP contribution is -2.43. The highest BCUT2D eigenvalue weighted by atomic mass is 16.5. The second-order valence-electron chi connectivity index (χ2n) is 10.1. The Hall–Kier alpha value is -3.67. The first-order valence-electron chi connectivity index (χ1n) is 12.9. The largest absolute Gasteiger partial charge is 0.507 e. The third-order valence-corrected chi connectivity index (χ3v) is 7.03. The van der Waals surface area contributed by atoms with Crippen LogP contribution < -0.4 is 14.2 Å². The molecule has 196 valence electrons. The van der Waals surface area contributed by atoms with Gasteiger partial charge in [0.15, 0.2) is 0 Å². The molecular weight excluding hydrogens is 466 g/mol. The van der Waals surface area contributed by atoms with Crippen molar-refractivity contribution in [3.8, 4) is 23.0 Å². The number of aromatic hydroxyl groups is 1. The number of ether oxygens (including phenoxy) is 3. The monoisotopic (exact) mass is 503 g/mol. The van der Waals surface area contributed by atoms with Gasteiger partial charge in [-0.3, -0.25) is 4.79 Å². The highest BCUT2D eigenvalue weighted by Gasteiger charge is 2.31. The van der Waals surface area contributed by atoms with Gasteiger partial charge in [0.05, 0.1) is 14.2 Å². The Labute approximate surface area is 219 Å². The zero-order valence-electron chi connectivity index (χ0n) is 22.1. The van der Waals surface area contributed by atoms with E-state index in [2.05, 4.69) is 13.8 Å². The van der Waals surface area contributed by atoms with Gasteiger partial charge in [0.1, 0.15) is 29.6 Å². The highest BCUT2D eigenvalue weighted by Crippen LogP contribution is 2.43. The van der Waals surface area contributed by atoms with Gasteiger partial charge in [0.25, 0.3) is 0 Å². The summed E-state index contributed by atoms with van der Waals surface area (Å²) < 4.78 is 16.9. The zero-order chi connectivity index (χ0) is 26.4. The lowest BCUT2D eigenvalue weighted by atomic mass is 9.85. The van der Waals surface area contributed by atoms with Gasteiger partial charge in [-0.2, -0.15) is 0 Å². The van der Waals surface area contributed by atoms with Crippen molar-refractivity contribution >= 4 is 5.91 Å². The summed E-state index contributed by atoms with van der Waals surface area (Å²) in [5, 5.41) is 11.0. The predicted molar refractivity (Wildman–Crippen MR) is 144 cm³/mol. The maximum Gasteiger partial charge on any atom is 0.223 e. The molecule has 0 aliphatic carbocycles. The van der Waals surface area contributed by atoms with Crippen LogP contribution >= 0.6 is 0 Å². The molecule has 1 N–H and O–H groups in total. The Morgan fingerprint density at radius 3 is 2.24 bits per heavy atom. The molecule has 0 radical (unpaired) electrons. The minimum atomic E-state index is -0.399. The second-order valence-corrected chi connectivity index (χ2v) is 10.1. The topological polar surface area (TPSA) is 68.2 Å². The van der Waals surface area contributed by atoms with Gasteiger partial charge in [-0.25, -0.2) is 0 Å². The molecule has 0 spiro atoms. The van der Waals surface area contributed by atoms with Crippen LogP contribution in [-0.4, -0.2) is 43.2 Å². The molecule has 4 rings (SSSR count). The lowest BCUT2D eigenvalue weighted by Gasteiger charge is -2.36. The van der Waals surface area contributed by atoms with Crippen LogP contribution in [0.4, 0.5) is 0 Å². The zero-order valence-corrected chi connectivity index (χ0v) is 22.1. The molecule has 1 saturated heterocycles. The number of carbonyl (C=O) groups is 1. The van der Waals surface area contributed by atoms with E-state index in [9.17, 15) is 9.90 Å². The Morgan fingerprint density at radius 1 is 0.946 bits per heavy atom. The maximum atomic E-state index is 13.6. The molecule has 3 aromatic rings. The fraction of sp³-hybridized carbons (Fsp3) is 0.387. The van der Waals surface area contributed by atoms with Gasteiger partial charge in [0, 0.05) is 43.1 Å². The number of phenolic OH excluding ortho intramolecular Hbond substituents is 1. The normalized spacial score (nSPS) is 18.2. The van der Waals surface area contributed by atoms with E-state index in [-0.39, 0.29) is 18.1 Å². The molecule has 3 unspecified atom stereocenters. The maximum absolute atomic E-state index is 13.6. The van der Waals surface area contributed by atoms with Gasteiger partial charge < -0.3 is 24.2 Å². The number of hydrogen-bond acceptors (Lipinski definition) is 5. The van der Waals surface area contributed by atoms with Crippen LogP contribution in [0.2, 0.25) is 0 Å². The molecule has 6 heteroatoms. The number of piperidine rings is 1. The number of benzene rings is 3. The van der Waals surface area contributed by atoms with E-state index in [1.165, 1.54) is 0 Å². The Kier molecular flexibility index (Phi) is 8.59. The van der Waals surface area contributed by atoms with Gasteiger partial charge in [-0.05, 0) is 41.5 Å². The van der Waals surface area contributed by atoms with E-state index in [1.807, 2.05) is 59.5 Å².